The minimum atomic E-state index is -5.21. The Balaban J connectivity index is 2.05. The highest BCUT2D eigenvalue weighted by atomic mass is 35.5. The zero-order chi connectivity index (χ0) is 20.2. The Morgan fingerprint density at radius 1 is 1.30 bits per heavy atom. The molecule has 0 saturated heterocycles. The molecule has 1 atom stereocenters. The number of benzene rings is 1. The van der Waals surface area contributed by atoms with E-state index in [9.17, 15) is 22.0 Å². The third kappa shape index (κ3) is 6.32. The van der Waals surface area contributed by atoms with Crippen LogP contribution in [0.15, 0.2) is 30.6 Å². The van der Waals surface area contributed by atoms with Crippen LogP contribution in [0.25, 0.3) is 0 Å². The first-order valence-electron chi connectivity index (χ1n) is 8.06. The molecule has 0 aliphatic carbocycles. The van der Waals surface area contributed by atoms with Crippen molar-refractivity contribution < 1.29 is 26.7 Å². The van der Waals surface area contributed by atoms with Crippen molar-refractivity contribution in [3.8, 4) is 5.75 Å². The molecule has 1 aromatic carbocycles. The molecule has 2 aromatic rings. The molecule has 0 spiro atoms. The van der Waals surface area contributed by atoms with Crippen LogP contribution in [0.4, 0.5) is 22.0 Å². The summed E-state index contributed by atoms with van der Waals surface area (Å²) in [6.07, 6.45) is -1.61. The molecule has 0 bridgehead atoms. The second-order valence-electron chi connectivity index (χ2n) is 6.39. The minimum Gasteiger partial charge on any atom is -0.399 e. The highest BCUT2D eigenvalue weighted by molar-refractivity contribution is 6.31. The average molecular weight is 409 g/mol. The van der Waals surface area contributed by atoms with Crippen LogP contribution in [-0.2, 0) is 13.0 Å². The van der Waals surface area contributed by atoms with Gasteiger partial charge in [-0.3, -0.25) is 4.98 Å². The fourth-order valence-corrected chi connectivity index (χ4v) is 3.04. The van der Waals surface area contributed by atoms with E-state index >= 15 is 0 Å². The van der Waals surface area contributed by atoms with Gasteiger partial charge in [-0.05, 0) is 42.6 Å². The van der Waals surface area contributed by atoms with Crippen LogP contribution in [0.3, 0.4) is 0 Å². The lowest BCUT2D eigenvalue weighted by atomic mass is 10.00. The van der Waals surface area contributed by atoms with Gasteiger partial charge in [-0.15, -0.1) is 13.2 Å². The minimum absolute atomic E-state index is 0.0580. The van der Waals surface area contributed by atoms with Crippen molar-refractivity contribution >= 4 is 11.6 Å². The van der Waals surface area contributed by atoms with Crippen molar-refractivity contribution in [2.24, 2.45) is 5.92 Å². The molecule has 0 aliphatic heterocycles. The molecule has 0 N–H and O–H groups in total. The van der Waals surface area contributed by atoms with Gasteiger partial charge in [-0.1, -0.05) is 24.6 Å². The number of aromatic nitrogens is 1. The Bertz CT molecular complexity index is 771. The van der Waals surface area contributed by atoms with Gasteiger partial charge in [0.05, 0.1) is 5.02 Å². The number of halogens is 6. The van der Waals surface area contributed by atoms with E-state index in [1.54, 1.807) is 12.4 Å². The summed E-state index contributed by atoms with van der Waals surface area (Å²) in [5.41, 5.74) is 1.10. The van der Waals surface area contributed by atoms with Gasteiger partial charge in [0.2, 0.25) is 5.75 Å². The van der Waals surface area contributed by atoms with Gasteiger partial charge in [0.15, 0.2) is 11.6 Å². The molecule has 9 heteroatoms. The zero-order valence-corrected chi connectivity index (χ0v) is 15.4. The maximum atomic E-state index is 14.0. The first-order valence-corrected chi connectivity index (χ1v) is 8.44. The Labute approximate surface area is 158 Å². The van der Waals surface area contributed by atoms with Gasteiger partial charge in [0.25, 0.3) is 0 Å². The second-order valence-corrected chi connectivity index (χ2v) is 6.77. The van der Waals surface area contributed by atoms with Crippen molar-refractivity contribution in [2.45, 2.75) is 26.3 Å². The molecule has 1 heterocycles. The molecule has 3 nitrogen and oxygen atoms in total. The van der Waals surface area contributed by atoms with Crippen LogP contribution in [-0.4, -0.2) is 29.8 Å². The summed E-state index contributed by atoms with van der Waals surface area (Å²) in [5, 5.41) is -0.572. The quantitative estimate of drug-likeness (QED) is 0.464. The molecule has 0 saturated carbocycles. The zero-order valence-electron chi connectivity index (χ0n) is 14.7. The molecule has 0 radical (unpaired) electrons. The van der Waals surface area contributed by atoms with Gasteiger partial charge in [0, 0.05) is 25.5 Å². The molecular formula is C18H18ClF5N2O. The second kappa shape index (κ2) is 8.84. The number of nitrogens with zero attached hydrogens (tertiary/aromatic N) is 2. The third-order valence-electron chi connectivity index (χ3n) is 3.78. The first-order chi connectivity index (χ1) is 12.6. The summed E-state index contributed by atoms with van der Waals surface area (Å²) in [7, 11) is 1.88. The molecular weight excluding hydrogens is 391 g/mol. The largest absolute Gasteiger partial charge is 0.573 e. The van der Waals surface area contributed by atoms with E-state index in [0.29, 0.717) is 13.1 Å². The van der Waals surface area contributed by atoms with Crippen molar-refractivity contribution in [3.05, 3.63) is 58.4 Å². The summed E-state index contributed by atoms with van der Waals surface area (Å²) in [5.74, 6) is -4.60. The van der Waals surface area contributed by atoms with Crippen molar-refractivity contribution in [1.82, 2.24) is 9.88 Å². The molecule has 0 amide bonds. The Kier molecular flexibility index (Phi) is 7.00. The van der Waals surface area contributed by atoms with E-state index in [1.165, 1.54) is 0 Å². The van der Waals surface area contributed by atoms with Gasteiger partial charge < -0.3 is 9.64 Å². The highest BCUT2D eigenvalue weighted by Crippen LogP contribution is 2.35. The van der Waals surface area contributed by atoms with E-state index in [0.717, 1.165) is 11.6 Å². The SMILES string of the molecule is CC(Cc1cc(F)c(OC(F)(F)F)c(F)c1Cl)CN(C)Cc1cccnc1. The number of hydrogen-bond acceptors (Lipinski definition) is 3. The summed E-state index contributed by atoms with van der Waals surface area (Å²) in [4.78, 5) is 6.03. The van der Waals surface area contributed by atoms with Gasteiger partial charge in [-0.25, -0.2) is 8.78 Å². The lowest BCUT2D eigenvalue weighted by Crippen LogP contribution is -2.25. The summed E-state index contributed by atoms with van der Waals surface area (Å²) in [6.45, 7) is 3.06. The van der Waals surface area contributed by atoms with Crippen LogP contribution in [0.1, 0.15) is 18.1 Å². The van der Waals surface area contributed by atoms with Crippen LogP contribution in [0, 0.1) is 17.6 Å². The van der Waals surface area contributed by atoms with Crippen molar-refractivity contribution in [1.29, 1.82) is 0 Å². The molecule has 27 heavy (non-hydrogen) atoms. The number of ether oxygens (including phenoxy) is 1. The topological polar surface area (TPSA) is 25.4 Å². The third-order valence-corrected chi connectivity index (χ3v) is 4.19. The van der Waals surface area contributed by atoms with E-state index in [4.69, 9.17) is 11.6 Å². The Morgan fingerprint density at radius 2 is 2.00 bits per heavy atom. The predicted octanol–water partition coefficient (Wildman–Crippen LogP) is 5.22. The molecule has 148 valence electrons. The smallest absolute Gasteiger partial charge is 0.399 e. The highest BCUT2D eigenvalue weighted by Gasteiger charge is 2.35. The van der Waals surface area contributed by atoms with Gasteiger partial charge in [0.1, 0.15) is 0 Å². The maximum absolute atomic E-state index is 14.0. The lowest BCUT2D eigenvalue weighted by molar-refractivity contribution is -0.276. The number of alkyl halides is 3. The van der Waals surface area contributed by atoms with Crippen LogP contribution in [0.2, 0.25) is 5.02 Å². The predicted molar refractivity (Wildman–Crippen MR) is 91.5 cm³/mol. The first kappa shape index (κ1) is 21.4. The van der Waals surface area contributed by atoms with Crippen LogP contribution >= 0.6 is 11.6 Å². The normalized spacial score (nSPS) is 13.1. The van der Waals surface area contributed by atoms with Crippen LogP contribution in [0.5, 0.6) is 5.75 Å². The number of rotatable bonds is 7. The van der Waals surface area contributed by atoms with Crippen molar-refractivity contribution in [3.63, 3.8) is 0 Å². The van der Waals surface area contributed by atoms with E-state index in [2.05, 4.69) is 9.72 Å². The molecule has 0 fully saturated rings. The van der Waals surface area contributed by atoms with Gasteiger partial charge in [-0.2, -0.15) is 0 Å². The van der Waals surface area contributed by atoms with E-state index in [1.807, 2.05) is 31.0 Å². The fourth-order valence-electron chi connectivity index (χ4n) is 2.83. The standard InChI is InChI=1S/C18H18ClF5N2O/c1-11(9-26(2)10-12-4-3-5-25-8-12)6-13-7-14(20)17(16(21)15(13)19)27-18(22,23)24/h3-5,7-8,11H,6,9-10H2,1-2H3. The fraction of sp³-hybridized carbons (Fsp3) is 0.389. The summed E-state index contributed by atoms with van der Waals surface area (Å²) >= 11 is 5.80. The summed E-state index contributed by atoms with van der Waals surface area (Å²) < 4.78 is 68.1. The number of pyridine rings is 1. The van der Waals surface area contributed by atoms with Crippen molar-refractivity contribution in [2.75, 3.05) is 13.6 Å². The maximum Gasteiger partial charge on any atom is 0.573 e. The van der Waals surface area contributed by atoms with E-state index < -0.39 is 28.8 Å². The summed E-state index contributed by atoms with van der Waals surface area (Å²) in [6, 6.07) is 4.53. The van der Waals surface area contributed by atoms with Crippen LogP contribution < -0.4 is 4.74 Å². The Morgan fingerprint density at radius 3 is 2.59 bits per heavy atom. The molecule has 2 rings (SSSR count). The van der Waals surface area contributed by atoms with E-state index in [-0.39, 0.29) is 17.9 Å². The number of hydrogen-bond donors (Lipinski definition) is 0. The van der Waals surface area contributed by atoms with Gasteiger partial charge >= 0.3 is 6.36 Å². The molecule has 1 aromatic heterocycles. The lowest BCUT2D eigenvalue weighted by Gasteiger charge is -2.22. The molecule has 1 unspecified atom stereocenters. The monoisotopic (exact) mass is 408 g/mol. The average Bonchev–Trinajstić information content (AvgIpc) is 2.56. The Hall–Kier alpha value is -1.93. The molecule has 0 aliphatic rings.